The summed E-state index contributed by atoms with van der Waals surface area (Å²) in [7, 11) is 0. The molecule has 0 heterocycles. The maximum absolute atomic E-state index is 11.4. The molecule has 0 aliphatic carbocycles. The van der Waals surface area contributed by atoms with E-state index < -0.39 is 5.24 Å². The molecule has 6 nitrogen and oxygen atoms in total. The lowest BCUT2D eigenvalue weighted by molar-refractivity contribution is -0.114. The summed E-state index contributed by atoms with van der Waals surface area (Å²) >= 11 is 41.4. The molecule has 0 aliphatic rings. The Kier molecular flexibility index (Phi) is 31.5. The molecule has 5 aromatic carbocycles. The summed E-state index contributed by atoms with van der Waals surface area (Å²) in [6, 6.07) is 18.8. The Morgan fingerprint density at radius 2 is 0.957 bits per heavy atom. The van der Waals surface area contributed by atoms with Crippen LogP contribution in [0.4, 0.5) is 22.7 Å². The van der Waals surface area contributed by atoms with Crippen molar-refractivity contribution in [1.29, 1.82) is 0 Å². The second-order valence-electron chi connectivity index (χ2n) is 14.8. The molecule has 0 saturated heterocycles. The van der Waals surface area contributed by atoms with E-state index >= 15 is 0 Å². The molecule has 0 aromatic heterocycles. The molecule has 0 unspecified atom stereocenters. The SMILES string of the molecule is C/C=C/C(=O)Cl.C=CCN(CC=C)c1c(C)cc(Br)cc1Cl.Cc1cc(Br)cc(Cl)c1N.[2H]c1cc(C)c(CC(=O)/C=C/C)c(Cl)c1.[2H]c1cc(C)c(N(CC=C)CC=C)c(Cl)c1.[2H]c1cc(C)c(N)c(Cl)c1. The fourth-order valence-electron chi connectivity index (χ4n) is 5.87. The third-order valence-electron chi connectivity index (χ3n) is 9.13. The average Bonchev–Trinajstić information content (AvgIpc) is 3.27. The molecule has 0 fully saturated rings. The highest BCUT2D eigenvalue weighted by molar-refractivity contribution is 9.10. The molecule has 14 heteroatoms. The minimum Gasteiger partial charge on any atom is -0.397 e. The zero-order valence-electron chi connectivity index (χ0n) is 43.6. The van der Waals surface area contributed by atoms with Gasteiger partial charge in [-0.05, 0) is 148 Å². The Labute approximate surface area is 468 Å². The van der Waals surface area contributed by atoms with E-state index in [1.807, 2.05) is 71.1 Å². The fraction of sp³-hybridized carbons (Fsp3) is 0.214. The van der Waals surface area contributed by atoms with Crippen molar-refractivity contribution in [3.63, 3.8) is 0 Å². The van der Waals surface area contributed by atoms with Crippen molar-refractivity contribution in [3.8, 4) is 0 Å². The van der Waals surface area contributed by atoms with Crippen LogP contribution in [-0.4, -0.2) is 37.2 Å². The molecule has 0 saturated carbocycles. The summed E-state index contributed by atoms with van der Waals surface area (Å²) in [6.07, 6.45) is 13.8. The van der Waals surface area contributed by atoms with Gasteiger partial charge in [-0.2, -0.15) is 0 Å². The second-order valence-corrected chi connectivity index (χ2v) is 19.0. The summed E-state index contributed by atoms with van der Waals surface area (Å²) in [5.41, 5.74) is 20.1. The second kappa shape index (κ2) is 36.7. The Hall–Kier alpha value is -4.22. The molecule has 4 N–H and O–H groups in total. The van der Waals surface area contributed by atoms with Gasteiger partial charge in [-0.25, -0.2) is 0 Å². The maximum Gasteiger partial charge on any atom is 0.244 e. The van der Waals surface area contributed by atoms with Crippen LogP contribution < -0.4 is 21.3 Å². The van der Waals surface area contributed by atoms with Crippen molar-refractivity contribution in [2.45, 2.75) is 54.9 Å². The van der Waals surface area contributed by atoms with E-state index in [-0.39, 0.29) is 5.78 Å². The third-order valence-corrected chi connectivity index (χ3v) is 11.7. The van der Waals surface area contributed by atoms with E-state index in [0.29, 0.717) is 69.1 Å². The van der Waals surface area contributed by atoms with E-state index in [4.69, 9.17) is 85.2 Å². The van der Waals surface area contributed by atoms with Crippen LogP contribution in [-0.2, 0) is 16.0 Å². The molecule has 70 heavy (non-hydrogen) atoms. The number of allylic oxidation sites excluding steroid dienone is 4. The van der Waals surface area contributed by atoms with Gasteiger partial charge in [0, 0.05) is 46.6 Å². The van der Waals surface area contributed by atoms with Crippen LogP contribution >= 0.6 is 101 Å². The van der Waals surface area contributed by atoms with Gasteiger partial charge in [0.25, 0.3) is 0 Å². The molecule has 0 aliphatic heterocycles. The van der Waals surface area contributed by atoms with Crippen LogP contribution in [0.15, 0.2) is 163 Å². The highest BCUT2D eigenvalue weighted by Crippen LogP contribution is 2.33. The van der Waals surface area contributed by atoms with Crippen LogP contribution in [0.5, 0.6) is 0 Å². The minimum absolute atomic E-state index is 0.0280. The average molecular weight is 1200 g/mol. The zero-order chi connectivity index (χ0) is 56.1. The van der Waals surface area contributed by atoms with Crippen molar-refractivity contribution in [1.82, 2.24) is 0 Å². The Morgan fingerprint density at radius 1 is 0.557 bits per heavy atom. The monoisotopic (exact) mass is 1200 g/mol. The van der Waals surface area contributed by atoms with Crippen molar-refractivity contribution >= 4 is 135 Å². The Bertz CT molecular complexity index is 2470. The number of hydrogen-bond acceptors (Lipinski definition) is 6. The van der Waals surface area contributed by atoms with E-state index in [1.54, 1.807) is 62.4 Å². The van der Waals surface area contributed by atoms with Crippen LogP contribution in [0.3, 0.4) is 0 Å². The first-order valence-corrected chi connectivity index (χ1v) is 25.2. The lowest BCUT2D eigenvalue weighted by Gasteiger charge is -2.25. The fourth-order valence-corrected chi connectivity index (χ4v) is 8.88. The molecule has 0 radical (unpaired) electrons. The number of nitrogens with zero attached hydrogens (tertiary/aromatic N) is 2. The molecule has 0 atom stereocenters. The summed E-state index contributed by atoms with van der Waals surface area (Å²) in [6.45, 7) is 31.1. The van der Waals surface area contributed by atoms with Gasteiger partial charge in [-0.3, -0.25) is 9.59 Å². The smallest absolute Gasteiger partial charge is 0.244 e. The molecule has 0 spiro atoms. The number of aryl methyl sites for hydroxylation is 5. The van der Waals surface area contributed by atoms with Gasteiger partial charge in [0.2, 0.25) is 5.24 Å². The van der Waals surface area contributed by atoms with Gasteiger partial charge in [0.05, 0.1) is 47.0 Å². The first kappa shape index (κ1) is 60.1. The van der Waals surface area contributed by atoms with Crippen LogP contribution in [0.2, 0.25) is 25.1 Å². The van der Waals surface area contributed by atoms with Gasteiger partial charge in [-0.1, -0.05) is 163 Å². The number of hydrogen-bond donors (Lipinski definition) is 2. The molecular weight excluding hydrogens is 1130 g/mol. The number of carbonyl (C=O) groups excluding carboxylic acids is 2. The molecule has 5 aromatic rings. The number of nitrogens with two attached hydrogens (primary N) is 2. The van der Waals surface area contributed by atoms with E-state index in [2.05, 4.69) is 74.0 Å². The zero-order valence-corrected chi connectivity index (χ0v) is 48.4. The van der Waals surface area contributed by atoms with E-state index in [0.717, 1.165) is 71.8 Å². The van der Waals surface area contributed by atoms with E-state index in [9.17, 15) is 9.59 Å². The van der Waals surface area contributed by atoms with Gasteiger partial charge < -0.3 is 21.3 Å². The van der Waals surface area contributed by atoms with Crippen molar-refractivity contribution in [3.05, 3.63) is 221 Å². The number of anilines is 4. The lowest BCUT2D eigenvalue weighted by atomic mass is 10.0. The number of ketones is 1. The topological polar surface area (TPSA) is 92.7 Å². The highest BCUT2D eigenvalue weighted by atomic mass is 79.9. The van der Waals surface area contributed by atoms with E-state index in [1.165, 1.54) is 18.2 Å². The first-order valence-electron chi connectivity index (χ1n) is 22.9. The number of nitrogen functional groups attached to an aromatic ring is 2. The molecule has 0 bridgehead atoms. The first-order chi connectivity index (χ1) is 34.2. The van der Waals surface area contributed by atoms with Crippen LogP contribution in [0, 0.1) is 34.6 Å². The predicted octanol–water partition coefficient (Wildman–Crippen LogP) is 18.3. The number of benzene rings is 5. The van der Waals surface area contributed by atoms with Crippen LogP contribution in [0.25, 0.3) is 0 Å². The summed E-state index contributed by atoms with van der Waals surface area (Å²) in [5.74, 6) is 0.0280. The minimum atomic E-state index is -0.419. The predicted molar refractivity (Wildman–Crippen MR) is 320 cm³/mol. The van der Waals surface area contributed by atoms with Gasteiger partial charge in [-0.15, -0.1) is 26.3 Å². The molecule has 5 rings (SSSR count). The lowest BCUT2D eigenvalue weighted by Crippen LogP contribution is -2.24. The molecule has 0 amide bonds. The normalized spacial score (nSPS) is 10.6. The summed E-state index contributed by atoms with van der Waals surface area (Å²) in [4.78, 5) is 25.4. The molecular formula is C56H64Br2Cl6N4O2. The maximum atomic E-state index is 11.4. The third kappa shape index (κ3) is 25.2. The number of carbonyl (C=O) groups is 2. The largest absolute Gasteiger partial charge is 0.397 e. The Balaban J connectivity index is 0.000000873. The quantitative estimate of drug-likeness (QED) is 0.0498. The van der Waals surface area contributed by atoms with Crippen molar-refractivity contribution < 1.29 is 13.7 Å². The number of rotatable bonds is 14. The molecule has 376 valence electrons. The summed E-state index contributed by atoms with van der Waals surface area (Å²) in [5, 5.41) is 2.50. The van der Waals surface area contributed by atoms with Gasteiger partial charge >= 0.3 is 0 Å². The Morgan fingerprint density at radius 3 is 1.34 bits per heavy atom. The highest BCUT2D eigenvalue weighted by Gasteiger charge is 2.13. The van der Waals surface area contributed by atoms with Crippen LogP contribution in [0.1, 0.15) is 51.3 Å². The summed E-state index contributed by atoms with van der Waals surface area (Å²) < 4.78 is 24.2. The van der Waals surface area contributed by atoms with Gasteiger partial charge in [0.1, 0.15) is 0 Å². The number of para-hydroxylation sites is 2. The van der Waals surface area contributed by atoms with Crippen molar-refractivity contribution in [2.75, 3.05) is 47.4 Å². The van der Waals surface area contributed by atoms with Gasteiger partial charge in [0.15, 0.2) is 5.78 Å². The van der Waals surface area contributed by atoms with Crippen molar-refractivity contribution in [2.24, 2.45) is 0 Å². The standard InChI is InChI=1S/C13H15BrClN.C13H16ClN.C12H13ClO.C7H7BrClN.C7H8ClN.C4H5ClO/c1-4-6-16(7-5-2)13-10(3)8-11(14)9-12(13)15;1-4-9-15(10-5-2)13-11(3)7-6-8-12(13)14;1-3-5-10(14)8-11-9(2)6-4-7-12(11)13;1-4-2-5(8)3-6(9)7(4)10;1-5-3-2-4-6(8)7(5)9;1-2-3-4(5)6/h4-5,8-9H,1-2,6-7H2,3H3;4-8H,1-2,9-10H2,3H3;3-7H,8H2,1-2H3;2-3H,10H2,1H3;2-4H,9H2,1H3;2-3H,1H3/b;;5-3+;;;3-2+/i;6D;4D;;2D;. The number of halogens is 8.